The van der Waals surface area contributed by atoms with E-state index in [4.69, 9.17) is 4.79 Å². The minimum atomic E-state index is 0.639. The zero-order valence-electron chi connectivity index (χ0n) is 17.9. The van der Waals surface area contributed by atoms with Crippen molar-refractivity contribution >= 4 is 6.29 Å². The van der Waals surface area contributed by atoms with Crippen LogP contribution in [0.4, 0.5) is 0 Å². The van der Waals surface area contributed by atoms with E-state index in [-0.39, 0.29) is 0 Å². The van der Waals surface area contributed by atoms with Crippen molar-refractivity contribution in [2.75, 3.05) is 14.1 Å². The molecule has 0 N–H and O–H groups in total. The van der Waals surface area contributed by atoms with Crippen LogP contribution in [-0.4, -0.2) is 31.3 Å². The Balaban J connectivity index is 0.000000765. The van der Waals surface area contributed by atoms with Crippen LogP contribution in [0.3, 0.4) is 0 Å². The molecule has 0 saturated heterocycles. The molecule has 0 aliphatic heterocycles. The molecule has 0 aromatic rings. The highest BCUT2D eigenvalue weighted by atomic mass is 16.1. The standard InChI is InChI=1S/C21H41N.C3H4O/c1-4-5-6-7-8-9-18-10-12-19(13-11-18)20-14-16-21(17-15-20)22(2)3;1-2-3-4/h18-21H,4-17H2,1-3H3;2-3H,1H2. The van der Waals surface area contributed by atoms with Crippen LogP contribution in [0.25, 0.3) is 0 Å². The van der Waals surface area contributed by atoms with E-state index in [1.165, 1.54) is 70.3 Å². The molecule has 2 aliphatic carbocycles. The summed E-state index contributed by atoms with van der Waals surface area (Å²) in [5.41, 5.74) is 0. The van der Waals surface area contributed by atoms with Gasteiger partial charge in [-0.05, 0) is 76.5 Å². The maximum absolute atomic E-state index is 9.06. The molecule has 0 spiro atoms. The SMILES string of the molecule is C=CC=O.CCCCCCCC1CCC(C2CCC(N(C)C)CC2)CC1. The van der Waals surface area contributed by atoms with Gasteiger partial charge in [0.1, 0.15) is 6.29 Å². The average Bonchev–Trinajstić information content (AvgIpc) is 2.68. The fraction of sp³-hybridized carbons (Fsp3) is 0.875. The molecule has 2 fully saturated rings. The van der Waals surface area contributed by atoms with Crippen molar-refractivity contribution in [3.05, 3.63) is 12.7 Å². The van der Waals surface area contributed by atoms with Crippen LogP contribution in [0.5, 0.6) is 0 Å². The Kier molecular flexibility index (Phi) is 13.0. The topological polar surface area (TPSA) is 20.3 Å². The summed E-state index contributed by atoms with van der Waals surface area (Å²) in [5.74, 6) is 3.23. The molecule has 2 saturated carbocycles. The van der Waals surface area contributed by atoms with E-state index in [0.717, 1.165) is 23.8 Å². The lowest BCUT2D eigenvalue weighted by Gasteiger charge is -2.39. The maximum Gasteiger partial charge on any atom is 0.142 e. The average molecular weight is 364 g/mol. The van der Waals surface area contributed by atoms with Gasteiger partial charge >= 0.3 is 0 Å². The first-order valence-electron chi connectivity index (χ1n) is 11.3. The molecule has 0 heterocycles. The molecule has 26 heavy (non-hydrogen) atoms. The summed E-state index contributed by atoms with van der Waals surface area (Å²) in [4.78, 5) is 11.5. The van der Waals surface area contributed by atoms with Crippen molar-refractivity contribution in [2.24, 2.45) is 17.8 Å². The van der Waals surface area contributed by atoms with Crippen molar-refractivity contribution < 1.29 is 4.79 Å². The van der Waals surface area contributed by atoms with E-state index in [1.54, 1.807) is 25.7 Å². The van der Waals surface area contributed by atoms with Crippen LogP contribution in [-0.2, 0) is 4.79 Å². The van der Waals surface area contributed by atoms with Gasteiger partial charge in [0.25, 0.3) is 0 Å². The Morgan fingerprint density at radius 3 is 1.81 bits per heavy atom. The number of rotatable bonds is 9. The fourth-order valence-electron chi connectivity index (χ4n) is 5.07. The predicted molar refractivity (Wildman–Crippen MR) is 115 cm³/mol. The molecule has 0 unspecified atom stereocenters. The third kappa shape index (κ3) is 9.35. The predicted octanol–water partition coefficient (Wildman–Crippen LogP) is 6.65. The molecule has 2 heteroatoms. The van der Waals surface area contributed by atoms with Gasteiger partial charge in [0.15, 0.2) is 0 Å². The number of unbranched alkanes of at least 4 members (excludes halogenated alkanes) is 4. The highest BCUT2D eigenvalue weighted by Gasteiger charge is 2.31. The van der Waals surface area contributed by atoms with E-state index in [0.29, 0.717) is 6.29 Å². The normalized spacial score (nSPS) is 28.9. The second kappa shape index (κ2) is 14.4. The lowest BCUT2D eigenvalue weighted by atomic mass is 9.69. The number of carbonyl (C=O) groups is 1. The highest BCUT2D eigenvalue weighted by molar-refractivity contribution is 5.63. The Morgan fingerprint density at radius 2 is 1.35 bits per heavy atom. The van der Waals surface area contributed by atoms with Gasteiger partial charge in [0.2, 0.25) is 0 Å². The molecule has 0 aromatic carbocycles. The zero-order valence-corrected chi connectivity index (χ0v) is 17.9. The maximum atomic E-state index is 9.06. The lowest BCUT2D eigenvalue weighted by molar-refractivity contribution is -0.104. The number of nitrogens with zero attached hydrogens (tertiary/aromatic N) is 1. The number of allylic oxidation sites excluding steroid dienone is 1. The number of carbonyl (C=O) groups excluding carboxylic acids is 1. The van der Waals surface area contributed by atoms with E-state index >= 15 is 0 Å². The van der Waals surface area contributed by atoms with Crippen LogP contribution in [0.15, 0.2) is 12.7 Å². The largest absolute Gasteiger partial charge is 0.306 e. The quantitative estimate of drug-likeness (QED) is 0.260. The Labute approximate surface area is 163 Å². The lowest BCUT2D eigenvalue weighted by Crippen LogP contribution is -2.34. The van der Waals surface area contributed by atoms with E-state index < -0.39 is 0 Å². The fourth-order valence-corrected chi connectivity index (χ4v) is 5.07. The summed E-state index contributed by atoms with van der Waals surface area (Å²) in [6.07, 6.45) is 22.8. The molecule has 0 amide bonds. The monoisotopic (exact) mass is 363 g/mol. The molecule has 0 bridgehead atoms. The van der Waals surface area contributed by atoms with E-state index in [2.05, 4.69) is 32.5 Å². The number of aldehydes is 1. The first-order valence-corrected chi connectivity index (χ1v) is 11.3. The van der Waals surface area contributed by atoms with Gasteiger partial charge in [-0.25, -0.2) is 0 Å². The Bertz CT molecular complexity index is 343. The molecule has 2 rings (SSSR count). The summed E-state index contributed by atoms with van der Waals surface area (Å²) >= 11 is 0. The first kappa shape index (κ1) is 23.4. The molecular weight excluding hydrogens is 318 g/mol. The molecule has 0 atom stereocenters. The van der Waals surface area contributed by atoms with E-state index in [1.807, 2.05) is 0 Å². The summed E-state index contributed by atoms with van der Waals surface area (Å²) in [5, 5.41) is 0. The second-order valence-electron chi connectivity index (χ2n) is 8.89. The van der Waals surface area contributed by atoms with Crippen LogP contribution in [0.1, 0.15) is 96.8 Å². The van der Waals surface area contributed by atoms with Gasteiger partial charge < -0.3 is 4.90 Å². The van der Waals surface area contributed by atoms with Crippen molar-refractivity contribution in [1.82, 2.24) is 4.90 Å². The van der Waals surface area contributed by atoms with Crippen molar-refractivity contribution in [2.45, 2.75) is 103 Å². The highest BCUT2D eigenvalue weighted by Crippen LogP contribution is 2.41. The van der Waals surface area contributed by atoms with Crippen molar-refractivity contribution in [3.63, 3.8) is 0 Å². The second-order valence-corrected chi connectivity index (χ2v) is 8.89. The Hall–Kier alpha value is -0.630. The molecule has 2 nitrogen and oxygen atoms in total. The van der Waals surface area contributed by atoms with E-state index in [9.17, 15) is 0 Å². The third-order valence-electron chi connectivity index (χ3n) is 6.84. The Morgan fingerprint density at radius 1 is 0.846 bits per heavy atom. The number of hydrogen-bond donors (Lipinski definition) is 0. The minimum Gasteiger partial charge on any atom is -0.306 e. The summed E-state index contributed by atoms with van der Waals surface area (Å²) in [6.45, 7) is 5.42. The molecule has 0 aromatic heterocycles. The molecule has 152 valence electrons. The summed E-state index contributed by atoms with van der Waals surface area (Å²) < 4.78 is 0. The smallest absolute Gasteiger partial charge is 0.142 e. The van der Waals surface area contributed by atoms with Gasteiger partial charge in [-0.15, -0.1) is 0 Å². The van der Waals surface area contributed by atoms with Crippen molar-refractivity contribution in [1.29, 1.82) is 0 Å². The van der Waals surface area contributed by atoms with Gasteiger partial charge in [0, 0.05) is 6.04 Å². The molecule has 0 radical (unpaired) electrons. The van der Waals surface area contributed by atoms with Gasteiger partial charge in [-0.1, -0.05) is 64.9 Å². The van der Waals surface area contributed by atoms with Gasteiger partial charge in [0.05, 0.1) is 0 Å². The van der Waals surface area contributed by atoms with Crippen LogP contribution >= 0.6 is 0 Å². The van der Waals surface area contributed by atoms with Crippen LogP contribution in [0.2, 0.25) is 0 Å². The zero-order chi connectivity index (χ0) is 19.2. The molecule has 2 aliphatic rings. The third-order valence-corrected chi connectivity index (χ3v) is 6.84. The summed E-state index contributed by atoms with van der Waals surface area (Å²) in [6, 6.07) is 0.871. The van der Waals surface area contributed by atoms with Crippen LogP contribution in [0, 0.1) is 17.8 Å². The summed E-state index contributed by atoms with van der Waals surface area (Å²) in [7, 11) is 4.52. The van der Waals surface area contributed by atoms with Gasteiger partial charge in [-0.2, -0.15) is 0 Å². The van der Waals surface area contributed by atoms with Crippen LogP contribution < -0.4 is 0 Å². The first-order chi connectivity index (χ1) is 12.6. The molecular formula is C24H45NO. The minimum absolute atomic E-state index is 0.639. The van der Waals surface area contributed by atoms with Crippen molar-refractivity contribution in [3.8, 4) is 0 Å². The number of hydrogen-bond acceptors (Lipinski definition) is 2. The van der Waals surface area contributed by atoms with Gasteiger partial charge in [-0.3, -0.25) is 4.79 Å².